The first-order valence-corrected chi connectivity index (χ1v) is 11.4. The Bertz CT molecular complexity index is 228. The molecule has 2 fully saturated rings. The molecule has 0 unspecified atom stereocenters. The first-order chi connectivity index (χ1) is 9.77. The number of hydrogen-bond donors (Lipinski definition) is 0. The van der Waals surface area contributed by atoms with Gasteiger partial charge < -0.3 is 4.57 Å². The Morgan fingerprint density at radius 3 is 1.25 bits per heavy atom. The lowest BCUT2D eigenvalue weighted by molar-refractivity contribution is 0.448. The van der Waals surface area contributed by atoms with E-state index in [1.54, 1.807) is 0 Å². The van der Waals surface area contributed by atoms with Gasteiger partial charge in [-0.05, 0) is 31.8 Å². The zero-order valence-electron chi connectivity index (χ0n) is 14.8. The van der Waals surface area contributed by atoms with Gasteiger partial charge in [0.1, 0.15) is 0 Å². The summed E-state index contributed by atoms with van der Waals surface area (Å²) in [6.45, 7) is 10.2. The van der Waals surface area contributed by atoms with Gasteiger partial charge in [0.15, 0.2) is 0 Å². The SMILES string of the molecule is CC.CC.CCP(=O)(C1CCCCC1)C1CCCCC1. The van der Waals surface area contributed by atoms with Crippen molar-refractivity contribution in [3.63, 3.8) is 0 Å². The molecule has 0 radical (unpaired) electrons. The van der Waals surface area contributed by atoms with E-state index in [1.165, 1.54) is 64.2 Å². The monoisotopic (exact) mass is 302 g/mol. The highest BCUT2D eigenvalue weighted by Gasteiger charge is 2.39. The van der Waals surface area contributed by atoms with E-state index >= 15 is 0 Å². The van der Waals surface area contributed by atoms with Crippen molar-refractivity contribution in [2.24, 2.45) is 0 Å². The average molecular weight is 302 g/mol. The van der Waals surface area contributed by atoms with E-state index in [9.17, 15) is 4.57 Å². The molecular formula is C18H39OP. The maximum absolute atomic E-state index is 13.3. The molecule has 2 aliphatic carbocycles. The van der Waals surface area contributed by atoms with E-state index in [0.29, 0.717) is 11.3 Å². The van der Waals surface area contributed by atoms with Crippen LogP contribution in [-0.2, 0) is 4.57 Å². The summed E-state index contributed by atoms with van der Waals surface area (Å²) in [5.74, 6) is 0. The molecule has 0 amide bonds. The van der Waals surface area contributed by atoms with Gasteiger partial charge in [0, 0.05) is 11.3 Å². The summed E-state index contributed by atoms with van der Waals surface area (Å²) in [5.41, 5.74) is 1.21. The minimum absolute atomic E-state index is 0.606. The van der Waals surface area contributed by atoms with Crippen molar-refractivity contribution in [3.05, 3.63) is 0 Å². The van der Waals surface area contributed by atoms with Crippen LogP contribution in [0.25, 0.3) is 0 Å². The second-order valence-electron chi connectivity index (χ2n) is 5.75. The van der Waals surface area contributed by atoms with Crippen molar-refractivity contribution in [3.8, 4) is 0 Å². The Labute approximate surface area is 128 Å². The molecule has 0 saturated heterocycles. The summed E-state index contributed by atoms with van der Waals surface area (Å²) in [7, 11) is -1.85. The summed E-state index contributed by atoms with van der Waals surface area (Å²) in [6, 6.07) is 0. The molecule has 0 atom stereocenters. The molecule has 0 aliphatic heterocycles. The zero-order chi connectivity index (χ0) is 15.4. The topological polar surface area (TPSA) is 17.1 Å². The summed E-state index contributed by atoms with van der Waals surface area (Å²) in [6.07, 6.45) is 14.1. The third kappa shape index (κ3) is 5.55. The van der Waals surface area contributed by atoms with Crippen LogP contribution in [0, 0.1) is 0 Å². The van der Waals surface area contributed by atoms with Crippen molar-refractivity contribution in [2.45, 2.75) is 110 Å². The molecule has 0 aromatic carbocycles. The molecule has 20 heavy (non-hydrogen) atoms. The van der Waals surface area contributed by atoms with E-state index in [0.717, 1.165) is 6.16 Å². The first-order valence-electron chi connectivity index (χ1n) is 9.36. The van der Waals surface area contributed by atoms with Gasteiger partial charge in [-0.15, -0.1) is 0 Å². The summed E-state index contributed by atoms with van der Waals surface area (Å²) >= 11 is 0. The summed E-state index contributed by atoms with van der Waals surface area (Å²) < 4.78 is 13.3. The lowest BCUT2D eigenvalue weighted by atomic mass is 9.99. The van der Waals surface area contributed by atoms with E-state index in [1.807, 2.05) is 27.7 Å². The van der Waals surface area contributed by atoms with Crippen molar-refractivity contribution >= 4 is 7.14 Å². The highest BCUT2D eigenvalue weighted by Crippen LogP contribution is 2.62. The standard InChI is InChI=1S/C14H27OP.2C2H6/c1-2-16(15,13-9-5-3-6-10-13)14-11-7-4-8-12-14;2*1-2/h13-14H,2-12H2,1H3;2*1-2H3. The van der Waals surface area contributed by atoms with Crippen LogP contribution in [0.5, 0.6) is 0 Å². The van der Waals surface area contributed by atoms with Gasteiger partial charge in [-0.25, -0.2) is 0 Å². The van der Waals surface area contributed by atoms with Crippen LogP contribution in [0.4, 0.5) is 0 Å². The van der Waals surface area contributed by atoms with Gasteiger partial charge in [-0.2, -0.15) is 0 Å². The van der Waals surface area contributed by atoms with Gasteiger partial charge in [-0.3, -0.25) is 0 Å². The van der Waals surface area contributed by atoms with Crippen molar-refractivity contribution in [1.29, 1.82) is 0 Å². The molecule has 0 heterocycles. The van der Waals surface area contributed by atoms with Gasteiger partial charge in [-0.1, -0.05) is 73.1 Å². The predicted octanol–water partition coefficient (Wildman–Crippen LogP) is 7.09. The number of rotatable bonds is 3. The minimum Gasteiger partial charge on any atom is -0.323 e. The Morgan fingerprint density at radius 2 is 1.00 bits per heavy atom. The smallest absolute Gasteiger partial charge is 0.0933 e. The Morgan fingerprint density at radius 1 is 0.700 bits per heavy atom. The molecule has 2 heteroatoms. The Hall–Kier alpha value is 0.230. The maximum atomic E-state index is 13.3. The van der Waals surface area contributed by atoms with Crippen LogP contribution in [-0.4, -0.2) is 17.5 Å². The third-order valence-electron chi connectivity index (χ3n) is 4.88. The van der Waals surface area contributed by atoms with Crippen LogP contribution in [0.2, 0.25) is 0 Å². The lowest BCUT2D eigenvalue weighted by Crippen LogP contribution is -2.24. The predicted molar refractivity (Wildman–Crippen MR) is 94.6 cm³/mol. The second kappa shape index (κ2) is 11.8. The van der Waals surface area contributed by atoms with Crippen LogP contribution in [0.1, 0.15) is 98.8 Å². The molecule has 2 rings (SSSR count). The molecular weight excluding hydrogens is 263 g/mol. The van der Waals surface area contributed by atoms with Crippen LogP contribution in [0.3, 0.4) is 0 Å². The van der Waals surface area contributed by atoms with Crippen LogP contribution in [0.15, 0.2) is 0 Å². The van der Waals surface area contributed by atoms with E-state index in [-0.39, 0.29) is 0 Å². The summed E-state index contributed by atoms with van der Waals surface area (Å²) in [5, 5.41) is 0. The molecule has 0 spiro atoms. The second-order valence-corrected chi connectivity index (χ2v) is 9.56. The first kappa shape index (κ1) is 20.2. The highest BCUT2D eigenvalue weighted by molar-refractivity contribution is 7.65. The molecule has 0 N–H and O–H groups in total. The molecule has 2 saturated carbocycles. The van der Waals surface area contributed by atoms with Crippen molar-refractivity contribution in [2.75, 3.05) is 6.16 Å². The van der Waals surface area contributed by atoms with Gasteiger partial charge in [0.2, 0.25) is 0 Å². The van der Waals surface area contributed by atoms with Gasteiger partial charge in [0.25, 0.3) is 0 Å². The Kier molecular flexibility index (Phi) is 12.0. The van der Waals surface area contributed by atoms with E-state index in [4.69, 9.17) is 0 Å². The molecule has 0 aromatic rings. The zero-order valence-corrected chi connectivity index (χ0v) is 15.7. The van der Waals surface area contributed by atoms with Crippen molar-refractivity contribution in [1.82, 2.24) is 0 Å². The van der Waals surface area contributed by atoms with Gasteiger partial charge in [0.05, 0.1) is 7.14 Å². The molecule has 1 nitrogen and oxygen atoms in total. The quantitative estimate of drug-likeness (QED) is 0.509. The average Bonchev–Trinajstić information content (AvgIpc) is 2.59. The van der Waals surface area contributed by atoms with Gasteiger partial charge >= 0.3 is 0 Å². The van der Waals surface area contributed by atoms with E-state index in [2.05, 4.69) is 6.92 Å². The minimum atomic E-state index is -1.85. The summed E-state index contributed by atoms with van der Waals surface area (Å²) in [4.78, 5) is 0. The molecule has 2 aliphatic rings. The molecule has 122 valence electrons. The Balaban J connectivity index is 0.000000829. The van der Waals surface area contributed by atoms with Crippen molar-refractivity contribution < 1.29 is 4.57 Å². The third-order valence-corrected chi connectivity index (χ3v) is 9.37. The largest absolute Gasteiger partial charge is 0.323 e. The normalized spacial score (nSPS) is 21.2. The lowest BCUT2D eigenvalue weighted by Gasteiger charge is -2.37. The fraction of sp³-hybridized carbons (Fsp3) is 1.00. The molecule has 0 bridgehead atoms. The highest BCUT2D eigenvalue weighted by atomic mass is 31.2. The fourth-order valence-corrected chi connectivity index (χ4v) is 7.96. The van der Waals surface area contributed by atoms with E-state index < -0.39 is 7.14 Å². The maximum Gasteiger partial charge on any atom is 0.0933 e. The number of hydrogen-bond acceptors (Lipinski definition) is 1. The molecule has 0 aromatic heterocycles. The van der Waals surface area contributed by atoms with Crippen LogP contribution < -0.4 is 0 Å². The van der Waals surface area contributed by atoms with Crippen LogP contribution >= 0.6 is 7.14 Å². The fourth-order valence-electron chi connectivity index (χ4n) is 3.85.